The van der Waals surface area contributed by atoms with Gasteiger partial charge in [-0.1, -0.05) is 0 Å². The van der Waals surface area contributed by atoms with Gasteiger partial charge in [-0.05, 0) is 25.5 Å². The van der Waals surface area contributed by atoms with Crippen molar-refractivity contribution in [3.63, 3.8) is 0 Å². The van der Waals surface area contributed by atoms with Crippen LogP contribution in [0.3, 0.4) is 0 Å². The summed E-state index contributed by atoms with van der Waals surface area (Å²) < 4.78 is 0. The average molecular weight is 329 g/mol. The Morgan fingerprint density at radius 1 is 1.45 bits per heavy atom. The van der Waals surface area contributed by atoms with Crippen molar-refractivity contribution in [1.82, 2.24) is 9.80 Å². The molecule has 124 valence electrons. The highest BCUT2D eigenvalue weighted by Gasteiger charge is 2.57. The maximum atomic E-state index is 12.6. The van der Waals surface area contributed by atoms with E-state index in [4.69, 9.17) is 5.73 Å². The van der Waals surface area contributed by atoms with Crippen LogP contribution in [0.2, 0.25) is 0 Å². The Balaban J connectivity index is 2.06. The van der Waals surface area contributed by atoms with Crippen molar-refractivity contribution in [2.24, 2.45) is 11.1 Å². The van der Waals surface area contributed by atoms with E-state index in [1.54, 1.807) is 4.90 Å². The molecule has 0 radical (unpaired) electrons. The van der Waals surface area contributed by atoms with E-state index in [2.05, 4.69) is 12.6 Å². The molecular weight excluding hydrogens is 306 g/mol. The fraction of sp³-hybridized carbons (Fsp3) is 0.786. The second-order valence-electron chi connectivity index (χ2n) is 6.19. The van der Waals surface area contributed by atoms with Crippen molar-refractivity contribution in [1.29, 1.82) is 0 Å². The number of amides is 3. The van der Waals surface area contributed by atoms with Gasteiger partial charge in [0.15, 0.2) is 0 Å². The van der Waals surface area contributed by atoms with E-state index in [0.717, 1.165) is 6.42 Å². The zero-order chi connectivity index (χ0) is 16.5. The van der Waals surface area contributed by atoms with Gasteiger partial charge in [-0.25, -0.2) is 0 Å². The Bertz CT molecular complexity index is 485. The standard InChI is InChI=1S/C14H23N3O4S/c1-9(18)11(12(15)20)17-8-14(13(17)21)4-2-5-16(7-14)10(19)3-6-22/h9,11,18,22H,2-8H2,1H3,(H2,15,20)/t9-,11+,14?/m1/s1. The van der Waals surface area contributed by atoms with Crippen molar-refractivity contribution in [3.8, 4) is 0 Å². The molecule has 3 N–H and O–H groups in total. The van der Waals surface area contributed by atoms with E-state index in [0.29, 0.717) is 38.2 Å². The minimum atomic E-state index is -1.01. The first kappa shape index (κ1) is 17.1. The number of nitrogens with two attached hydrogens (primary N) is 1. The number of β-lactam (4-membered cyclic amide) rings is 1. The topological polar surface area (TPSA) is 104 Å². The van der Waals surface area contributed by atoms with Gasteiger partial charge >= 0.3 is 0 Å². The summed E-state index contributed by atoms with van der Waals surface area (Å²) in [4.78, 5) is 39.1. The molecule has 1 spiro atoms. The number of primary amides is 1. The number of aliphatic hydroxyl groups is 1. The van der Waals surface area contributed by atoms with Crippen molar-refractivity contribution in [2.45, 2.75) is 38.3 Å². The lowest BCUT2D eigenvalue weighted by molar-refractivity contribution is -0.178. The van der Waals surface area contributed by atoms with Crippen LogP contribution in [0.25, 0.3) is 0 Å². The summed E-state index contributed by atoms with van der Waals surface area (Å²) in [5.74, 6) is -0.423. The lowest BCUT2D eigenvalue weighted by atomic mass is 9.71. The summed E-state index contributed by atoms with van der Waals surface area (Å²) in [6.45, 7) is 2.82. The van der Waals surface area contributed by atoms with Gasteiger partial charge in [0.05, 0.1) is 11.5 Å². The van der Waals surface area contributed by atoms with Crippen LogP contribution in [0.15, 0.2) is 0 Å². The molecular formula is C14H23N3O4S. The predicted molar refractivity (Wildman–Crippen MR) is 83.1 cm³/mol. The van der Waals surface area contributed by atoms with Crippen molar-refractivity contribution in [3.05, 3.63) is 0 Å². The van der Waals surface area contributed by atoms with Gasteiger partial charge in [-0.3, -0.25) is 14.4 Å². The second-order valence-corrected chi connectivity index (χ2v) is 6.64. The summed E-state index contributed by atoms with van der Waals surface area (Å²) in [6.07, 6.45) is 0.796. The molecule has 0 aromatic heterocycles. The maximum absolute atomic E-state index is 12.6. The Hall–Kier alpha value is -1.28. The average Bonchev–Trinajstić information content (AvgIpc) is 2.46. The molecule has 2 rings (SSSR count). The maximum Gasteiger partial charge on any atom is 0.242 e. The Morgan fingerprint density at radius 3 is 2.64 bits per heavy atom. The van der Waals surface area contributed by atoms with E-state index < -0.39 is 23.5 Å². The van der Waals surface area contributed by atoms with Crippen molar-refractivity contribution in [2.75, 3.05) is 25.4 Å². The summed E-state index contributed by atoms with van der Waals surface area (Å²) in [5, 5.41) is 9.66. The first-order chi connectivity index (χ1) is 10.3. The minimum absolute atomic E-state index is 0.00213. The van der Waals surface area contributed by atoms with Gasteiger partial charge in [-0.15, -0.1) is 0 Å². The molecule has 8 heteroatoms. The van der Waals surface area contributed by atoms with Crippen molar-refractivity contribution < 1.29 is 19.5 Å². The molecule has 0 aromatic carbocycles. The summed E-state index contributed by atoms with van der Waals surface area (Å²) in [6, 6.07) is -0.998. The van der Waals surface area contributed by atoms with Gasteiger partial charge in [0.1, 0.15) is 6.04 Å². The predicted octanol–water partition coefficient (Wildman–Crippen LogP) is -1.01. The molecule has 22 heavy (non-hydrogen) atoms. The zero-order valence-electron chi connectivity index (χ0n) is 12.7. The molecule has 2 heterocycles. The quantitative estimate of drug-likeness (QED) is 0.444. The molecule has 2 fully saturated rings. The molecule has 3 amide bonds. The van der Waals surface area contributed by atoms with Crippen LogP contribution in [-0.2, 0) is 14.4 Å². The van der Waals surface area contributed by atoms with E-state index in [1.165, 1.54) is 11.8 Å². The first-order valence-electron chi connectivity index (χ1n) is 7.49. The third-order valence-electron chi connectivity index (χ3n) is 4.53. The normalized spacial score (nSPS) is 27.5. The molecule has 7 nitrogen and oxygen atoms in total. The van der Waals surface area contributed by atoms with Crippen LogP contribution in [0, 0.1) is 5.41 Å². The number of likely N-dealkylation sites (tertiary alicyclic amines) is 2. The highest BCUT2D eigenvalue weighted by atomic mass is 32.1. The van der Waals surface area contributed by atoms with E-state index >= 15 is 0 Å². The molecule has 0 aromatic rings. The van der Waals surface area contributed by atoms with E-state index in [-0.39, 0.29) is 11.8 Å². The fourth-order valence-electron chi connectivity index (χ4n) is 3.46. The molecule has 2 saturated heterocycles. The summed E-state index contributed by atoms with van der Waals surface area (Å²) >= 11 is 4.06. The van der Waals surface area contributed by atoms with Crippen molar-refractivity contribution >= 4 is 30.4 Å². The molecule has 2 aliphatic heterocycles. The molecule has 0 saturated carbocycles. The van der Waals surface area contributed by atoms with E-state index in [9.17, 15) is 19.5 Å². The summed E-state index contributed by atoms with van der Waals surface area (Å²) in [5.41, 5.74) is 4.66. The number of carbonyl (C=O) groups is 3. The number of nitrogens with zero attached hydrogens (tertiary/aromatic N) is 2. The number of piperidine rings is 1. The number of aliphatic hydroxyl groups excluding tert-OH is 1. The lowest BCUT2D eigenvalue weighted by Gasteiger charge is -2.55. The molecule has 0 aliphatic carbocycles. The van der Waals surface area contributed by atoms with Gasteiger partial charge in [0, 0.05) is 26.1 Å². The second kappa shape index (κ2) is 6.45. The number of rotatable bonds is 5. The molecule has 0 bridgehead atoms. The van der Waals surface area contributed by atoms with Gasteiger partial charge in [0.25, 0.3) is 0 Å². The Kier molecular flexibility index (Phi) is 5.01. The van der Waals surface area contributed by atoms with Crippen LogP contribution in [-0.4, -0.2) is 70.2 Å². The number of thiol groups is 1. The molecule has 3 atom stereocenters. The smallest absolute Gasteiger partial charge is 0.242 e. The number of carbonyl (C=O) groups excluding carboxylic acids is 3. The van der Waals surface area contributed by atoms with Gasteiger partial charge in [-0.2, -0.15) is 12.6 Å². The highest BCUT2D eigenvalue weighted by molar-refractivity contribution is 7.80. The van der Waals surface area contributed by atoms with Crippen LogP contribution in [0.5, 0.6) is 0 Å². The fourth-order valence-corrected chi connectivity index (χ4v) is 3.65. The van der Waals surface area contributed by atoms with Gasteiger partial charge < -0.3 is 20.6 Å². The molecule has 1 unspecified atom stereocenters. The largest absolute Gasteiger partial charge is 0.391 e. The van der Waals surface area contributed by atoms with Crippen LogP contribution in [0.1, 0.15) is 26.2 Å². The third-order valence-corrected chi connectivity index (χ3v) is 4.75. The monoisotopic (exact) mass is 329 g/mol. The van der Waals surface area contributed by atoms with Crippen LogP contribution >= 0.6 is 12.6 Å². The summed E-state index contributed by atoms with van der Waals surface area (Å²) in [7, 11) is 0. The highest BCUT2D eigenvalue weighted by Crippen LogP contribution is 2.41. The molecule has 2 aliphatic rings. The SMILES string of the molecule is C[C@@H](O)[C@@H](C(N)=O)N1CC2(CCCN(C(=O)CCS)C2)C1=O. The van der Waals surface area contributed by atoms with Crippen LogP contribution in [0.4, 0.5) is 0 Å². The van der Waals surface area contributed by atoms with Gasteiger partial charge in [0.2, 0.25) is 17.7 Å². The minimum Gasteiger partial charge on any atom is -0.391 e. The van der Waals surface area contributed by atoms with E-state index in [1.807, 2.05) is 0 Å². The number of hydrogen-bond donors (Lipinski definition) is 3. The zero-order valence-corrected chi connectivity index (χ0v) is 13.6. The van der Waals surface area contributed by atoms with Crippen LogP contribution < -0.4 is 5.73 Å². The number of hydrogen-bond acceptors (Lipinski definition) is 5. The Labute approximate surface area is 135 Å². The lowest BCUT2D eigenvalue weighted by Crippen LogP contribution is -2.72. The Morgan fingerprint density at radius 2 is 2.14 bits per heavy atom. The third kappa shape index (κ3) is 2.94. The first-order valence-corrected chi connectivity index (χ1v) is 8.13.